The summed E-state index contributed by atoms with van der Waals surface area (Å²) in [6, 6.07) is 6.32. The molecule has 0 aliphatic carbocycles. The molecule has 2 aromatic rings. The lowest BCUT2D eigenvalue weighted by molar-refractivity contribution is 0.234. The summed E-state index contributed by atoms with van der Waals surface area (Å²) in [6.07, 6.45) is 0. The minimum atomic E-state index is -4.80. The van der Waals surface area contributed by atoms with Gasteiger partial charge in [-0.05, 0) is 11.6 Å². The van der Waals surface area contributed by atoms with Gasteiger partial charge in [0.05, 0.1) is 25.8 Å². The van der Waals surface area contributed by atoms with Gasteiger partial charge in [-0.15, -0.1) is 4.98 Å². The fourth-order valence-corrected chi connectivity index (χ4v) is 3.61. The number of hydrogen-bond acceptors (Lipinski definition) is 7. The summed E-state index contributed by atoms with van der Waals surface area (Å²) in [6.45, 7) is -0.248. The third-order valence-corrected chi connectivity index (χ3v) is 5.16. The average molecular weight is 372 g/mol. The van der Waals surface area contributed by atoms with E-state index in [1.165, 1.54) is 20.3 Å². The van der Waals surface area contributed by atoms with Gasteiger partial charge in [0.15, 0.2) is 0 Å². The highest BCUT2D eigenvalue weighted by Crippen LogP contribution is 2.41. The van der Waals surface area contributed by atoms with Gasteiger partial charge in [-0.1, -0.05) is 18.2 Å². The minimum absolute atomic E-state index is 0.0190. The van der Waals surface area contributed by atoms with E-state index in [0.29, 0.717) is 9.87 Å². The molecule has 1 atom stereocenters. The van der Waals surface area contributed by atoms with E-state index in [0.717, 1.165) is 0 Å². The third-order valence-electron chi connectivity index (χ3n) is 3.75. The number of rotatable bonds is 5. The predicted octanol–water partition coefficient (Wildman–Crippen LogP) is 1.39. The number of hydrogen-bond donors (Lipinski definition) is 0. The van der Waals surface area contributed by atoms with Crippen LogP contribution in [0.25, 0.3) is 0 Å². The molecule has 134 valence electrons. The summed E-state index contributed by atoms with van der Waals surface area (Å²) in [5, 5.41) is 0. The SMILES string of the molecule is COc1nc(OC)nc(C2CN(S(=O)(=O)C(F)F)c3ccccc32)n1. The monoisotopic (exact) mass is 372 g/mol. The Hall–Kier alpha value is -2.56. The maximum atomic E-state index is 13.0. The molecule has 0 amide bonds. The molecule has 1 aromatic heterocycles. The number of aromatic nitrogens is 3. The van der Waals surface area contributed by atoms with Gasteiger partial charge in [-0.3, -0.25) is 4.31 Å². The molecule has 25 heavy (non-hydrogen) atoms. The molecule has 0 saturated carbocycles. The van der Waals surface area contributed by atoms with Crippen LogP contribution in [0.15, 0.2) is 24.3 Å². The van der Waals surface area contributed by atoms with Gasteiger partial charge in [0, 0.05) is 6.54 Å². The fraction of sp³-hybridized carbons (Fsp3) is 0.357. The number of para-hydroxylation sites is 1. The number of alkyl halides is 2. The van der Waals surface area contributed by atoms with Crippen LogP contribution in [-0.4, -0.2) is 49.9 Å². The molecule has 0 fully saturated rings. The zero-order valence-electron chi connectivity index (χ0n) is 13.3. The van der Waals surface area contributed by atoms with Crippen molar-refractivity contribution < 1.29 is 26.7 Å². The predicted molar refractivity (Wildman–Crippen MR) is 83.5 cm³/mol. The molecular weight excluding hydrogens is 358 g/mol. The van der Waals surface area contributed by atoms with E-state index in [-0.39, 0.29) is 30.1 Å². The third kappa shape index (κ3) is 2.95. The van der Waals surface area contributed by atoms with Gasteiger partial charge in [0.2, 0.25) is 0 Å². The first kappa shape index (κ1) is 17.3. The van der Waals surface area contributed by atoms with Crippen LogP contribution in [0.1, 0.15) is 17.3 Å². The van der Waals surface area contributed by atoms with E-state index in [2.05, 4.69) is 15.0 Å². The normalized spacial score (nSPS) is 16.8. The molecule has 0 bridgehead atoms. The summed E-state index contributed by atoms with van der Waals surface area (Å²) in [4.78, 5) is 12.1. The number of fused-ring (bicyclic) bond motifs is 1. The Bertz CT molecular complexity index is 872. The van der Waals surface area contributed by atoms with Gasteiger partial charge in [-0.2, -0.15) is 18.7 Å². The zero-order chi connectivity index (χ0) is 18.2. The summed E-state index contributed by atoms with van der Waals surface area (Å²) < 4.78 is 60.7. The van der Waals surface area contributed by atoms with Crippen molar-refractivity contribution in [3.8, 4) is 12.0 Å². The van der Waals surface area contributed by atoms with Gasteiger partial charge in [-0.25, -0.2) is 8.42 Å². The van der Waals surface area contributed by atoms with Crippen LogP contribution in [0.5, 0.6) is 12.0 Å². The second-order valence-corrected chi connectivity index (χ2v) is 6.94. The number of halogens is 2. The van der Waals surface area contributed by atoms with E-state index < -0.39 is 21.7 Å². The number of anilines is 1. The molecule has 1 aromatic carbocycles. The maximum absolute atomic E-state index is 13.0. The molecule has 0 spiro atoms. The number of ether oxygens (including phenoxy) is 2. The highest BCUT2D eigenvalue weighted by Gasteiger charge is 2.42. The first-order chi connectivity index (χ1) is 11.9. The summed E-state index contributed by atoms with van der Waals surface area (Å²) in [5.41, 5.74) is 0.688. The standard InChI is InChI=1S/C14H14F2N4O4S/c1-23-13-17-11(18-14(19-13)24-2)9-7-20(25(21,22)12(15)16)10-6-4-3-5-8(9)10/h3-6,9,12H,7H2,1-2H3. The molecule has 0 saturated heterocycles. The first-order valence-corrected chi connectivity index (χ1v) is 8.61. The van der Waals surface area contributed by atoms with Gasteiger partial charge < -0.3 is 9.47 Å². The van der Waals surface area contributed by atoms with Crippen LogP contribution in [0.4, 0.5) is 14.5 Å². The first-order valence-electron chi connectivity index (χ1n) is 7.11. The molecule has 1 aliphatic heterocycles. The van der Waals surface area contributed by atoms with Gasteiger partial charge in [0.1, 0.15) is 5.82 Å². The van der Waals surface area contributed by atoms with E-state index >= 15 is 0 Å². The lowest BCUT2D eigenvalue weighted by Gasteiger charge is -2.19. The molecule has 0 radical (unpaired) electrons. The quantitative estimate of drug-likeness (QED) is 0.783. The highest BCUT2D eigenvalue weighted by atomic mass is 32.2. The van der Waals surface area contributed by atoms with Crippen molar-refractivity contribution in [2.24, 2.45) is 0 Å². The van der Waals surface area contributed by atoms with Crippen molar-refractivity contribution >= 4 is 15.7 Å². The average Bonchev–Trinajstić information content (AvgIpc) is 3.01. The Labute approximate surface area is 142 Å². The van der Waals surface area contributed by atoms with E-state index in [1.807, 2.05) is 0 Å². The summed E-state index contributed by atoms with van der Waals surface area (Å²) in [7, 11) is -2.08. The lowest BCUT2D eigenvalue weighted by Crippen LogP contribution is -2.34. The molecule has 8 nitrogen and oxygen atoms in total. The van der Waals surface area contributed by atoms with Crippen LogP contribution in [-0.2, 0) is 10.0 Å². The molecule has 11 heteroatoms. The second-order valence-electron chi connectivity index (χ2n) is 5.12. The molecule has 2 heterocycles. The van der Waals surface area contributed by atoms with Crippen LogP contribution in [0, 0.1) is 0 Å². The van der Waals surface area contributed by atoms with Crippen LogP contribution in [0.2, 0.25) is 0 Å². The van der Waals surface area contributed by atoms with Gasteiger partial charge in [0.25, 0.3) is 10.0 Å². The molecular formula is C14H14F2N4O4S. The summed E-state index contributed by atoms with van der Waals surface area (Å²) in [5.74, 6) is -4.01. The Kier molecular flexibility index (Phi) is 4.41. The molecule has 1 aliphatic rings. The van der Waals surface area contributed by atoms with Crippen molar-refractivity contribution in [2.75, 3.05) is 25.1 Å². The van der Waals surface area contributed by atoms with Crippen molar-refractivity contribution in [2.45, 2.75) is 11.7 Å². The smallest absolute Gasteiger partial charge is 0.355 e. The Balaban J connectivity index is 2.11. The second kappa shape index (κ2) is 6.39. The van der Waals surface area contributed by atoms with Crippen molar-refractivity contribution in [1.82, 2.24) is 15.0 Å². The Morgan fingerprint density at radius 1 is 1.12 bits per heavy atom. The van der Waals surface area contributed by atoms with Crippen LogP contribution < -0.4 is 13.8 Å². The van der Waals surface area contributed by atoms with Crippen molar-refractivity contribution in [3.63, 3.8) is 0 Å². The van der Waals surface area contributed by atoms with Crippen molar-refractivity contribution in [1.29, 1.82) is 0 Å². The number of sulfonamides is 1. The van der Waals surface area contributed by atoms with Crippen LogP contribution >= 0.6 is 0 Å². The minimum Gasteiger partial charge on any atom is -0.467 e. The van der Waals surface area contributed by atoms with Crippen LogP contribution in [0.3, 0.4) is 0 Å². The molecule has 3 rings (SSSR count). The zero-order valence-corrected chi connectivity index (χ0v) is 14.1. The van der Waals surface area contributed by atoms with Gasteiger partial charge >= 0.3 is 17.8 Å². The maximum Gasteiger partial charge on any atom is 0.355 e. The Morgan fingerprint density at radius 2 is 1.72 bits per heavy atom. The van der Waals surface area contributed by atoms with E-state index in [4.69, 9.17) is 9.47 Å². The molecule has 0 N–H and O–H groups in total. The highest BCUT2D eigenvalue weighted by molar-refractivity contribution is 7.93. The largest absolute Gasteiger partial charge is 0.467 e. The number of benzene rings is 1. The number of methoxy groups -OCH3 is 2. The summed E-state index contributed by atoms with van der Waals surface area (Å²) >= 11 is 0. The fourth-order valence-electron chi connectivity index (χ4n) is 2.62. The lowest BCUT2D eigenvalue weighted by atomic mass is 10.0. The number of nitrogens with zero attached hydrogens (tertiary/aromatic N) is 4. The topological polar surface area (TPSA) is 94.5 Å². The van der Waals surface area contributed by atoms with E-state index in [1.54, 1.807) is 18.2 Å². The molecule has 1 unspecified atom stereocenters. The van der Waals surface area contributed by atoms with Crippen molar-refractivity contribution in [3.05, 3.63) is 35.7 Å². The van der Waals surface area contributed by atoms with E-state index in [9.17, 15) is 17.2 Å². The Morgan fingerprint density at radius 3 is 2.28 bits per heavy atom.